The number of hydrogen-bond donors (Lipinski definition) is 1. The van der Waals surface area contributed by atoms with Crippen LogP contribution in [0.25, 0.3) is 0 Å². The van der Waals surface area contributed by atoms with Crippen LogP contribution in [0.1, 0.15) is 29.3 Å². The fourth-order valence-electron chi connectivity index (χ4n) is 3.06. The first kappa shape index (κ1) is 20.9. The van der Waals surface area contributed by atoms with Crippen molar-refractivity contribution in [3.05, 3.63) is 59.7 Å². The minimum atomic E-state index is -0.648. The van der Waals surface area contributed by atoms with Gasteiger partial charge in [-0.15, -0.1) is 11.8 Å². The number of anilines is 1. The number of nitrogens with one attached hydrogen (secondary N) is 1. The number of aryl methyl sites for hydroxylation is 1. The lowest BCUT2D eigenvalue weighted by molar-refractivity contribution is -0.146. The number of rotatable bonds is 5. The van der Waals surface area contributed by atoms with Crippen LogP contribution in [0.2, 0.25) is 0 Å². The van der Waals surface area contributed by atoms with Crippen LogP contribution >= 0.6 is 11.8 Å². The van der Waals surface area contributed by atoms with Gasteiger partial charge in [0.05, 0.1) is 5.69 Å². The van der Waals surface area contributed by atoms with Crippen LogP contribution in [0.5, 0.6) is 0 Å². The molecule has 0 bridgehead atoms. The van der Waals surface area contributed by atoms with E-state index in [4.69, 9.17) is 4.74 Å². The molecule has 1 heterocycles. The van der Waals surface area contributed by atoms with E-state index in [-0.39, 0.29) is 25.0 Å². The number of amides is 2. The number of carbonyl (C=O) groups excluding carboxylic acids is 3. The smallest absolute Gasteiger partial charge is 0.325 e. The summed E-state index contributed by atoms with van der Waals surface area (Å²) in [6, 6.07) is 14.8. The van der Waals surface area contributed by atoms with E-state index < -0.39 is 5.97 Å². The Hall–Kier alpha value is -2.80. The van der Waals surface area contributed by atoms with Gasteiger partial charge in [0.1, 0.15) is 6.54 Å². The molecule has 1 aliphatic heterocycles. The minimum Gasteiger partial charge on any atom is -0.454 e. The van der Waals surface area contributed by atoms with Crippen LogP contribution in [0.15, 0.2) is 53.4 Å². The van der Waals surface area contributed by atoms with E-state index in [0.717, 1.165) is 22.6 Å². The van der Waals surface area contributed by atoms with Crippen LogP contribution in [0, 0.1) is 6.92 Å². The summed E-state index contributed by atoms with van der Waals surface area (Å²) in [5.41, 5.74) is 2.27. The standard InChI is InChI=1S/C22H24N2O4S/c1-15-6-5-7-17(12-15)22(27)23-13-21(26)28-14-20(25)24-11-10-16(2)29-19-9-4-3-8-18(19)24/h3-9,12,16H,10-11,13-14H2,1-2H3,(H,23,27)/t16-/m1/s1. The quantitative estimate of drug-likeness (QED) is 0.764. The van der Waals surface area contributed by atoms with Crippen molar-refractivity contribution in [1.82, 2.24) is 5.32 Å². The molecular formula is C22H24N2O4S. The van der Waals surface area contributed by atoms with Gasteiger partial charge in [-0.1, -0.05) is 36.8 Å². The lowest BCUT2D eigenvalue weighted by Gasteiger charge is -2.22. The van der Waals surface area contributed by atoms with Crippen molar-refractivity contribution in [2.45, 2.75) is 30.4 Å². The number of para-hydroxylation sites is 1. The highest BCUT2D eigenvalue weighted by molar-refractivity contribution is 8.00. The molecule has 0 spiro atoms. The van der Waals surface area contributed by atoms with Gasteiger partial charge in [-0.2, -0.15) is 0 Å². The Kier molecular flexibility index (Phi) is 6.93. The number of carbonyl (C=O) groups is 3. The predicted molar refractivity (Wildman–Crippen MR) is 113 cm³/mol. The molecule has 7 heteroatoms. The summed E-state index contributed by atoms with van der Waals surface area (Å²) in [5, 5.41) is 2.92. The van der Waals surface area contributed by atoms with Gasteiger partial charge in [-0.05, 0) is 37.6 Å². The van der Waals surface area contributed by atoms with Crippen molar-refractivity contribution in [3.63, 3.8) is 0 Å². The summed E-state index contributed by atoms with van der Waals surface area (Å²) in [6.45, 7) is 3.95. The topological polar surface area (TPSA) is 75.7 Å². The van der Waals surface area contributed by atoms with Gasteiger partial charge in [-0.3, -0.25) is 14.4 Å². The van der Waals surface area contributed by atoms with Crippen LogP contribution in [-0.2, 0) is 14.3 Å². The minimum absolute atomic E-state index is 0.273. The van der Waals surface area contributed by atoms with Gasteiger partial charge in [0.2, 0.25) is 0 Å². The fourth-order valence-corrected chi connectivity index (χ4v) is 4.17. The third kappa shape index (κ3) is 5.60. The van der Waals surface area contributed by atoms with Crippen molar-refractivity contribution in [2.75, 3.05) is 24.6 Å². The number of thioether (sulfide) groups is 1. The molecule has 0 saturated carbocycles. The van der Waals surface area contributed by atoms with Crippen molar-refractivity contribution in [3.8, 4) is 0 Å². The monoisotopic (exact) mass is 412 g/mol. The molecule has 1 aliphatic rings. The third-order valence-corrected chi connectivity index (χ3v) is 5.81. The predicted octanol–water partition coefficient (Wildman–Crippen LogP) is 3.19. The number of benzene rings is 2. The molecule has 6 nitrogen and oxygen atoms in total. The molecule has 1 atom stereocenters. The van der Waals surface area contributed by atoms with Crippen molar-refractivity contribution in [2.24, 2.45) is 0 Å². The van der Waals surface area contributed by atoms with Gasteiger partial charge in [-0.25, -0.2) is 0 Å². The van der Waals surface area contributed by atoms with Gasteiger partial charge in [0.15, 0.2) is 6.61 Å². The number of esters is 1. The van der Waals surface area contributed by atoms with Gasteiger partial charge in [0.25, 0.3) is 11.8 Å². The Morgan fingerprint density at radius 1 is 1.17 bits per heavy atom. The largest absolute Gasteiger partial charge is 0.454 e. The maximum atomic E-state index is 12.7. The number of hydrogen-bond acceptors (Lipinski definition) is 5. The lowest BCUT2D eigenvalue weighted by atomic mass is 10.1. The van der Waals surface area contributed by atoms with Crippen molar-refractivity contribution < 1.29 is 19.1 Å². The molecule has 152 valence electrons. The fraction of sp³-hybridized carbons (Fsp3) is 0.318. The Balaban J connectivity index is 1.52. The van der Waals surface area contributed by atoms with E-state index in [2.05, 4.69) is 12.2 Å². The average Bonchev–Trinajstić information content (AvgIpc) is 2.88. The molecule has 3 rings (SSSR count). The zero-order valence-corrected chi connectivity index (χ0v) is 17.3. The number of fused-ring (bicyclic) bond motifs is 1. The molecule has 0 radical (unpaired) electrons. The molecule has 0 unspecified atom stereocenters. The van der Waals surface area contributed by atoms with E-state index >= 15 is 0 Å². The Morgan fingerprint density at radius 3 is 2.76 bits per heavy atom. The maximum Gasteiger partial charge on any atom is 0.325 e. The zero-order valence-electron chi connectivity index (χ0n) is 16.5. The summed E-state index contributed by atoms with van der Waals surface area (Å²) < 4.78 is 5.10. The summed E-state index contributed by atoms with van der Waals surface area (Å²) >= 11 is 1.74. The summed E-state index contributed by atoms with van der Waals surface area (Å²) in [5.74, 6) is -1.28. The third-order valence-electron chi connectivity index (χ3n) is 4.57. The summed E-state index contributed by atoms with van der Waals surface area (Å²) in [4.78, 5) is 39.5. The Morgan fingerprint density at radius 2 is 1.97 bits per heavy atom. The Bertz CT molecular complexity index is 915. The van der Waals surface area contributed by atoms with Crippen molar-refractivity contribution >= 4 is 35.2 Å². The normalized spacial score (nSPS) is 15.8. The van der Waals surface area contributed by atoms with Gasteiger partial charge in [0, 0.05) is 22.3 Å². The van der Waals surface area contributed by atoms with Crippen LogP contribution in [0.4, 0.5) is 5.69 Å². The molecule has 1 N–H and O–H groups in total. The van der Waals surface area contributed by atoms with Gasteiger partial charge < -0.3 is 15.0 Å². The molecule has 0 aliphatic carbocycles. The van der Waals surface area contributed by atoms with Crippen LogP contribution in [0.3, 0.4) is 0 Å². The van der Waals surface area contributed by atoms with Crippen LogP contribution in [-0.4, -0.2) is 42.7 Å². The number of nitrogens with zero attached hydrogens (tertiary/aromatic N) is 1. The van der Waals surface area contributed by atoms with Gasteiger partial charge >= 0.3 is 5.97 Å². The average molecular weight is 413 g/mol. The lowest BCUT2D eigenvalue weighted by Crippen LogP contribution is -2.37. The Labute approximate surface area is 174 Å². The van der Waals surface area contributed by atoms with Crippen LogP contribution < -0.4 is 10.2 Å². The molecule has 0 aromatic heterocycles. The molecule has 2 aromatic carbocycles. The second-order valence-corrected chi connectivity index (χ2v) is 8.42. The first-order chi connectivity index (χ1) is 13.9. The summed E-state index contributed by atoms with van der Waals surface area (Å²) in [7, 11) is 0. The van der Waals surface area contributed by atoms with E-state index in [1.165, 1.54) is 0 Å². The van der Waals surface area contributed by atoms with E-state index in [1.807, 2.05) is 37.3 Å². The maximum absolute atomic E-state index is 12.7. The molecular weight excluding hydrogens is 388 g/mol. The SMILES string of the molecule is Cc1cccc(C(=O)NCC(=O)OCC(=O)N2CC[C@@H](C)Sc3ccccc32)c1. The van der Waals surface area contributed by atoms with E-state index in [1.54, 1.807) is 34.9 Å². The second kappa shape index (κ2) is 9.60. The first-order valence-corrected chi connectivity index (χ1v) is 10.4. The van der Waals surface area contributed by atoms with E-state index in [9.17, 15) is 14.4 Å². The molecule has 29 heavy (non-hydrogen) atoms. The molecule has 0 fully saturated rings. The highest BCUT2D eigenvalue weighted by Gasteiger charge is 2.24. The second-order valence-electron chi connectivity index (χ2n) is 6.94. The van der Waals surface area contributed by atoms with Crippen molar-refractivity contribution in [1.29, 1.82) is 0 Å². The number of ether oxygens (including phenoxy) is 1. The highest BCUT2D eigenvalue weighted by atomic mass is 32.2. The first-order valence-electron chi connectivity index (χ1n) is 9.50. The van der Waals surface area contributed by atoms with E-state index in [0.29, 0.717) is 17.4 Å². The highest BCUT2D eigenvalue weighted by Crippen LogP contribution is 2.37. The molecule has 0 saturated heterocycles. The zero-order chi connectivity index (χ0) is 20.8. The summed E-state index contributed by atoms with van der Waals surface area (Å²) in [6.07, 6.45) is 0.853. The molecule has 2 aromatic rings. The molecule has 2 amide bonds.